The lowest BCUT2D eigenvalue weighted by Crippen LogP contribution is -2.04. The Kier molecular flexibility index (Phi) is 6.29. The number of ether oxygens (including phenoxy) is 2. The molecule has 3 aromatic rings. The van der Waals surface area contributed by atoms with Crippen molar-refractivity contribution in [3.05, 3.63) is 65.3 Å². The smallest absolute Gasteiger partial charge is 0.337 e. The molecule has 0 spiro atoms. The minimum absolute atomic E-state index is 0.382. The van der Waals surface area contributed by atoms with E-state index in [1.54, 1.807) is 30.5 Å². The topological polar surface area (TPSA) is 85.4 Å². The summed E-state index contributed by atoms with van der Waals surface area (Å²) in [5.74, 6) is 1.16. The number of hydrogen-bond donors (Lipinski definition) is 2. The van der Waals surface area contributed by atoms with Crippen molar-refractivity contribution in [1.82, 2.24) is 9.97 Å². The normalized spacial score (nSPS) is 10.2. The summed E-state index contributed by atoms with van der Waals surface area (Å²) in [7, 11) is 1.33. The molecule has 8 heteroatoms. The van der Waals surface area contributed by atoms with E-state index < -0.39 is 5.97 Å². The van der Waals surface area contributed by atoms with Gasteiger partial charge >= 0.3 is 5.97 Å². The standard InChI is InChI=1S/C20H19ClN4O3/c1-3-28-17-7-5-4-6-15(17)24-20-22-11-10-18(25-20)23-16-12-13(19(26)27-2)8-9-14(16)21/h4-12H,3H2,1-2H3,(H2,22,23,24,25). The monoisotopic (exact) mass is 398 g/mol. The molecule has 7 nitrogen and oxygen atoms in total. The number of esters is 1. The zero-order valence-electron chi connectivity index (χ0n) is 15.4. The van der Waals surface area contributed by atoms with Gasteiger partial charge in [-0.3, -0.25) is 0 Å². The van der Waals surface area contributed by atoms with Gasteiger partial charge in [0.05, 0.1) is 35.7 Å². The van der Waals surface area contributed by atoms with E-state index in [2.05, 4.69) is 20.6 Å². The van der Waals surface area contributed by atoms with Crippen LogP contribution in [0.2, 0.25) is 5.02 Å². The van der Waals surface area contributed by atoms with Crippen LogP contribution >= 0.6 is 11.6 Å². The number of carbonyl (C=O) groups is 1. The van der Waals surface area contributed by atoms with E-state index in [0.29, 0.717) is 40.4 Å². The average Bonchev–Trinajstić information content (AvgIpc) is 2.71. The average molecular weight is 399 g/mol. The molecular formula is C20H19ClN4O3. The van der Waals surface area contributed by atoms with Crippen LogP contribution in [0.4, 0.5) is 23.1 Å². The lowest BCUT2D eigenvalue weighted by atomic mass is 10.2. The third-order valence-corrected chi connectivity index (χ3v) is 4.07. The quantitative estimate of drug-likeness (QED) is 0.552. The summed E-state index contributed by atoms with van der Waals surface area (Å²) >= 11 is 6.23. The fourth-order valence-corrected chi connectivity index (χ4v) is 2.63. The SMILES string of the molecule is CCOc1ccccc1Nc1nccc(Nc2cc(C(=O)OC)ccc2Cl)n1. The summed E-state index contributed by atoms with van der Waals surface area (Å²) in [6.07, 6.45) is 1.61. The van der Waals surface area contributed by atoms with Crippen LogP contribution in [0, 0.1) is 0 Å². The van der Waals surface area contributed by atoms with Gasteiger partial charge in [-0.05, 0) is 43.3 Å². The summed E-state index contributed by atoms with van der Waals surface area (Å²) in [5, 5.41) is 6.68. The Bertz CT molecular complexity index is 981. The minimum atomic E-state index is -0.447. The van der Waals surface area contributed by atoms with E-state index in [-0.39, 0.29) is 0 Å². The van der Waals surface area contributed by atoms with Crippen molar-refractivity contribution in [1.29, 1.82) is 0 Å². The fraction of sp³-hybridized carbons (Fsp3) is 0.150. The third kappa shape index (κ3) is 4.69. The van der Waals surface area contributed by atoms with E-state index in [4.69, 9.17) is 21.1 Å². The summed E-state index contributed by atoms with van der Waals surface area (Å²) in [6.45, 7) is 2.47. The Morgan fingerprint density at radius 3 is 2.71 bits per heavy atom. The summed E-state index contributed by atoms with van der Waals surface area (Å²) in [6, 6.07) is 14.0. The molecule has 1 heterocycles. The minimum Gasteiger partial charge on any atom is -0.492 e. The van der Waals surface area contributed by atoms with Gasteiger partial charge in [0, 0.05) is 6.20 Å². The first-order valence-corrected chi connectivity index (χ1v) is 8.95. The predicted octanol–water partition coefficient (Wildman–Crippen LogP) is 4.80. The number of halogens is 1. The van der Waals surface area contributed by atoms with Crippen molar-refractivity contribution in [2.45, 2.75) is 6.92 Å². The lowest BCUT2D eigenvalue weighted by molar-refractivity contribution is 0.0601. The van der Waals surface area contributed by atoms with Crippen LogP contribution in [0.1, 0.15) is 17.3 Å². The summed E-state index contributed by atoms with van der Waals surface area (Å²) in [4.78, 5) is 20.4. The molecule has 28 heavy (non-hydrogen) atoms. The van der Waals surface area contributed by atoms with Gasteiger partial charge in [-0.1, -0.05) is 23.7 Å². The van der Waals surface area contributed by atoms with Crippen molar-refractivity contribution < 1.29 is 14.3 Å². The zero-order valence-corrected chi connectivity index (χ0v) is 16.2. The highest BCUT2D eigenvalue weighted by molar-refractivity contribution is 6.33. The Morgan fingerprint density at radius 1 is 1.11 bits per heavy atom. The molecule has 2 N–H and O–H groups in total. The largest absolute Gasteiger partial charge is 0.492 e. The van der Waals surface area contributed by atoms with Gasteiger partial charge in [-0.2, -0.15) is 4.98 Å². The number of para-hydroxylation sites is 2. The fourth-order valence-electron chi connectivity index (χ4n) is 2.46. The molecule has 0 radical (unpaired) electrons. The summed E-state index contributed by atoms with van der Waals surface area (Å²) in [5.41, 5.74) is 1.67. The van der Waals surface area contributed by atoms with E-state index in [9.17, 15) is 4.79 Å². The van der Waals surface area contributed by atoms with Crippen LogP contribution in [0.15, 0.2) is 54.7 Å². The second-order valence-electron chi connectivity index (χ2n) is 5.63. The molecule has 0 saturated carbocycles. The predicted molar refractivity (Wildman–Crippen MR) is 109 cm³/mol. The van der Waals surface area contributed by atoms with Crippen LogP contribution in [0.5, 0.6) is 5.75 Å². The van der Waals surface area contributed by atoms with Crippen molar-refractivity contribution in [2.24, 2.45) is 0 Å². The van der Waals surface area contributed by atoms with Crippen LogP contribution in [0.25, 0.3) is 0 Å². The molecule has 144 valence electrons. The van der Waals surface area contributed by atoms with Crippen LogP contribution in [0.3, 0.4) is 0 Å². The Morgan fingerprint density at radius 2 is 1.93 bits per heavy atom. The van der Waals surface area contributed by atoms with Crippen molar-refractivity contribution >= 4 is 40.7 Å². The van der Waals surface area contributed by atoms with Gasteiger partial charge in [0.15, 0.2) is 0 Å². The molecule has 0 atom stereocenters. The number of aromatic nitrogens is 2. The number of anilines is 4. The summed E-state index contributed by atoms with van der Waals surface area (Å²) < 4.78 is 10.3. The Balaban J connectivity index is 1.82. The van der Waals surface area contributed by atoms with Crippen molar-refractivity contribution in [2.75, 3.05) is 24.4 Å². The first-order valence-electron chi connectivity index (χ1n) is 8.57. The maximum atomic E-state index is 11.7. The molecule has 0 unspecified atom stereocenters. The maximum Gasteiger partial charge on any atom is 0.337 e. The second kappa shape index (κ2) is 9.05. The Labute approximate surface area is 167 Å². The van der Waals surface area contributed by atoms with Gasteiger partial charge in [-0.15, -0.1) is 0 Å². The molecule has 0 aliphatic carbocycles. The molecule has 1 aromatic heterocycles. The van der Waals surface area contributed by atoms with Crippen LogP contribution in [-0.2, 0) is 4.74 Å². The highest BCUT2D eigenvalue weighted by atomic mass is 35.5. The molecular weight excluding hydrogens is 380 g/mol. The van der Waals surface area contributed by atoms with Gasteiger partial charge in [0.1, 0.15) is 11.6 Å². The van der Waals surface area contributed by atoms with Crippen LogP contribution < -0.4 is 15.4 Å². The number of carbonyl (C=O) groups excluding carboxylic acids is 1. The molecule has 0 amide bonds. The van der Waals surface area contributed by atoms with Gasteiger partial charge < -0.3 is 20.1 Å². The first-order chi connectivity index (χ1) is 13.6. The molecule has 3 rings (SSSR count). The number of nitrogens with one attached hydrogen (secondary N) is 2. The van der Waals surface area contributed by atoms with Gasteiger partial charge in [-0.25, -0.2) is 9.78 Å². The van der Waals surface area contributed by atoms with E-state index in [1.165, 1.54) is 7.11 Å². The Hall–Kier alpha value is -3.32. The first kappa shape index (κ1) is 19.4. The molecule has 2 aromatic carbocycles. The second-order valence-corrected chi connectivity index (χ2v) is 6.04. The molecule has 0 aliphatic heterocycles. The molecule has 0 saturated heterocycles. The lowest BCUT2D eigenvalue weighted by Gasteiger charge is -2.13. The van der Waals surface area contributed by atoms with Crippen molar-refractivity contribution in [3.63, 3.8) is 0 Å². The molecule has 0 bridgehead atoms. The highest BCUT2D eigenvalue weighted by Crippen LogP contribution is 2.28. The third-order valence-electron chi connectivity index (χ3n) is 3.74. The molecule has 0 fully saturated rings. The number of methoxy groups -OCH3 is 1. The van der Waals surface area contributed by atoms with Gasteiger partial charge in [0.2, 0.25) is 5.95 Å². The van der Waals surface area contributed by atoms with Gasteiger partial charge in [0.25, 0.3) is 0 Å². The number of hydrogen-bond acceptors (Lipinski definition) is 7. The molecule has 0 aliphatic rings. The highest BCUT2D eigenvalue weighted by Gasteiger charge is 2.10. The number of benzene rings is 2. The van der Waals surface area contributed by atoms with Crippen LogP contribution in [-0.4, -0.2) is 29.7 Å². The van der Waals surface area contributed by atoms with E-state index >= 15 is 0 Å². The number of nitrogens with zero attached hydrogens (tertiary/aromatic N) is 2. The zero-order chi connectivity index (χ0) is 19.9. The van der Waals surface area contributed by atoms with E-state index in [0.717, 1.165) is 5.69 Å². The van der Waals surface area contributed by atoms with E-state index in [1.807, 2.05) is 31.2 Å². The van der Waals surface area contributed by atoms with Crippen molar-refractivity contribution in [3.8, 4) is 5.75 Å². The number of rotatable bonds is 7. The maximum absolute atomic E-state index is 11.7.